The van der Waals surface area contributed by atoms with Crippen molar-refractivity contribution in [1.29, 1.82) is 0 Å². The molecule has 1 aliphatic rings. The third kappa shape index (κ3) is 4.59. The van der Waals surface area contributed by atoms with Gasteiger partial charge in [-0.3, -0.25) is 0 Å². The summed E-state index contributed by atoms with van der Waals surface area (Å²) in [6.07, 6.45) is 4.04. The molecule has 116 valence electrons. The Bertz CT molecular complexity index is 729. The molecule has 0 spiro atoms. The zero-order valence-corrected chi connectivity index (χ0v) is 13.5. The van der Waals surface area contributed by atoms with Gasteiger partial charge in [-0.05, 0) is 30.2 Å². The van der Waals surface area contributed by atoms with Crippen LogP contribution in [0.4, 0.5) is 5.69 Å². The van der Waals surface area contributed by atoms with Gasteiger partial charge in [-0.25, -0.2) is 0 Å². The smallest absolute Gasteiger partial charge is 0.120 e. The molecule has 0 saturated heterocycles. The number of para-hydroxylation sites is 1. The SMILES string of the molecule is C=CCCC=O.CN1Cc2ccccc2C#Cc2ccccc21. The quantitative estimate of drug-likeness (QED) is 0.367. The lowest BCUT2D eigenvalue weighted by molar-refractivity contribution is -0.107. The number of aldehydes is 1. The number of carbonyl (C=O) groups is 1. The van der Waals surface area contributed by atoms with Gasteiger partial charge >= 0.3 is 0 Å². The molecule has 0 N–H and O–H groups in total. The maximum Gasteiger partial charge on any atom is 0.120 e. The first-order chi connectivity index (χ1) is 11.3. The van der Waals surface area contributed by atoms with Crippen molar-refractivity contribution in [3.63, 3.8) is 0 Å². The molecule has 23 heavy (non-hydrogen) atoms. The molecule has 0 bridgehead atoms. The fourth-order valence-electron chi connectivity index (χ4n) is 2.35. The van der Waals surface area contributed by atoms with Gasteiger partial charge in [0, 0.05) is 31.1 Å². The summed E-state index contributed by atoms with van der Waals surface area (Å²) >= 11 is 0. The van der Waals surface area contributed by atoms with Crippen LogP contribution in [-0.2, 0) is 11.3 Å². The van der Waals surface area contributed by atoms with Crippen LogP contribution in [0, 0.1) is 11.8 Å². The van der Waals surface area contributed by atoms with Crippen LogP contribution < -0.4 is 4.90 Å². The highest BCUT2D eigenvalue weighted by atomic mass is 16.1. The van der Waals surface area contributed by atoms with Crippen LogP contribution in [0.15, 0.2) is 61.2 Å². The van der Waals surface area contributed by atoms with E-state index in [-0.39, 0.29) is 0 Å². The van der Waals surface area contributed by atoms with E-state index in [0.717, 1.165) is 30.4 Å². The predicted molar refractivity (Wildman–Crippen MR) is 96.5 cm³/mol. The minimum atomic E-state index is 0.615. The number of fused-ring (bicyclic) bond motifs is 2. The summed E-state index contributed by atoms with van der Waals surface area (Å²) in [5.41, 5.74) is 4.73. The number of allylic oxidation sites excluding steroid dienone is 1. The Morgan fingerprint density at radius 2 is 1.70 bits per heavy atom. The lowest BCUT2D eigenvalue weighted by atomic mass is 10.0. The molecular formula is C21H21NO. The van der Waals surface area contributed by atoms with Gasteiger partial charge < -0.3 is 9.69 Å². The molecule has 0 fully saturated rings. The minimum Gasteiger partial charge on any atom is -0.369 e. The Kier molecular flexibility index (Phi) is 6.20. The Morgan fingerprint density at radius 3 is 2.39 bits per heavy atom. The molecule has 0 aromatic heterocycles. The first-order valence-corrected chi connectivity index (χ1v) is 7.71. The van der Waals surface area contributed by atoms with Gasteiger partial charge in [-0.1, -0.05) is 48.2 Å². The van der Waals surface area contributed by atoms with Crippen molar-refractivity contribution in [3.8, 4) is 11.8 Å². The number of carbonyl (C=O) groups excluding carboxylic acids is 1. The van der Waals surface area contributed by atoms with Crippen molar-refractivity contribution in [2.45, 2.75) is 19.4 Å². The highest BCUT2D eigenvalue weighted by Gasteiger charge is 2.10. The van der Waals surface area contributed by atoms with Crippen LogP contribution in [0.1, 0.15) is 29.5 Å². The maximum atomic E-state index is 9.52. The molecule has 0 amide bonds. The largest absolute Gasteiger partial charge is 0.369 e. The maximum absolute atomic E-state index is 9.52. The van der Waals surface area contributed by atoms with Crippen LogP contribution in [0.25, 0.3) is 0 Å². The average molecular weight is 303 g/mol. The number of hydrogen-bond donors (Lipinski definition) is 0. The number of benzene rings is 2. The van der Waals surface area contributed by atoms with Gasteiger partial charge in [0.1, 0.15) is 6.29 Å². The van der Waals surface area contributed by atoms with E-state index in [1.54, 1.807) is 6.08 Å². The fraction of sp³-hybridized carbons (Fsp3) is 0.190. The second kappa shape index (κ2) is 8.60. The first-order valence-electron chi connectivity index (χ1n) is 7.71. The van der Waals surface area contributed by atoms with Crippen molar-refractivity contribution in [2.75, 3.05) is 11.9 Å². The number of rotatable bonds is 3. The van der Waals surface area contributed by atoms with Gasteiger partial charge in [0.05, 0.1) is 5.69 Å². The summed E-state index contributed by atoms with van der Waals surface area (Å²) < 4.78 is 0. The second-order valence-corrected chi connectivity index (χ2v) is 5.31. The summed E-state index contributed by atoms with van der Waals surface area (Å²) in [6, 6.07) is 16.6. The molecule has 0 radical (unpaired) electrons. The lowest BCUT2D eigenvalue weighted by Crippen LogP contribution is -2.19. The topological polar surface area (TPSA) is 20.3 Å². The van der Waals surface area contributed by atoms with Gasteiger partial charge in [-0.15, -0.1) is 6.58 Å². The van der Waals surface area contributed by atoms with Gasteiger partial charge in [0.15, 0.2) is 0 Å². The zero-order valence-electron chi connectivity index (χ0n) is 13.5. The van der Waals surface area contributed by atoms with Crippen molar-refractivity contribution in [1.82, 2.24) is 0 Å². The van der Waals surface area contributed by atoms with E-state index in [9.17, 15) is 4.79 Å². The Hall–Kier alpha value is -2.79. The minimum absolute atomic E-state index is 0.615. The van der Waals surface area contributed by atoms with Crippen molar-refractivity contribution in [3.05, 3.63) is 77.9 Å². The van der Waals surface area contributed by atoms with Gasteiger partial charge in [0.2, 0.25) is 0 Å². The van der Waals surface area contributed by atoms with Crippen molar-refractivity contribution in [2.24, 2.45) is 0 Å². The van der Waals surface area contributed by atoms with Crippen molar-refractivity contribution < 1.29 is 4.79 Å². The van der Waals surface area contributed by atoms with E-state index in [1.165, 1.54) is 11.3 Å². The third-order valence-electron chi connectivity index (χ3n) is 3.56. The zero-order chi connectivity index (χ0) is 16.5. The van der Waals surface area contributed by atoms with Gasteiger partial charge in [0.25, 0.3) is 0 Å². The molecule has 0 aliphatic carbocycles. The highest BCUT2D eigenvalue weighted by molar-refractivity contribution is 5.63. The summed E-state index contributed by atoms with van der Waals surface area (Å²) in [4.78, 5) is 11.8. The van der Waals surface area contributed by atoms with Crippen LogP contribution in [0.5, 0.6) is 0 Å². The molecule has 3 rings (SSSR count). The van der Waals surface area contributed by atoms with E-state index >= 15 is 0 Å². The molecule has 1 aliphatic heterocycles. The second-order valence-electron chi connectivity index (χ2n) is 5.31. The van der Waals surface area contributed by atoms with E-state index < -0.39 is 0 Å². The van der Waals surface area contributed by atoms with Crippen LogP contribution in [0.2, 0.25) is 0 Å². The van der Waals surface area contributed by atoms with E-state index in [2.05, 4.69) is 66.8 Å². The summed E-state index contributed by atoms with van der Waals surface area (Å²) in [6.45, 7) is 4.34. The normalized spacial score (nSPS) is 11.3. The number of unbranched alkanes of at least 4 members (excludes halogenated alkanes) is 1. The van der Waals surface area contributed by atoms with Crippen molar-refractivity contribution >= 4 is 12.0 Å². The molecule has 2 aromatic carbocycles. The molecule has 0 unspecified atom stereocenters. The standard InChI is InChI=1S/C16H13N.C5H8O/c1-17-12-15-8-3-2-6-13(15)10-11-14-7-4-5-9-16(14)17;1-2-3-4-5-6/h2-9H,12H2,1H3;2,5H,1,3-4H2. The molecular weight excluding hydrogens is 282 g/mol. The number of hydrogen-bond acceptors (Lipinski definition) is 2. The molecule has 0 atom stereocenters. The number of nitrogens with zero attached hydrogens (tertiary/aromatic N) is 1. The summed E-state index contributed by atoms with van der Waals surface area (Å²) in [5, 5.41) is 0. The third-order valence-corrected chi connectivity index (χ3v) is 3.56. The Labute approximate surface area is 138 Å². The first kappa shape index (κ1) is 16.6. The molecule has 2 nitrogen and oxygen atoms in total. The summed E-state index contributed by atoms with van der Waals surface area (Å²) in [7, 11) is 2.11. The molecule has 2 heteroatoms. The average Bonchev–Trinajstić information content (AvgIpc) is 2.58. The molecule has 0 saturated carbocycles. The Morgan fingerprint density at radius 1 is 1.04 bits per heavy atom. The monoisotopic (exact) mass is 303 g/mol. The van der Waals surface area contributed by atoms with Crippen LogP contribution in [-0.4, -0.2) is 13.3 Å². The van der Waals surface area contributed by atoms with E-state index in [0.29, 0.717) is 6.42 Å². The van der Waals surface area contributed by atoms with Crippen LogP contribution in [0.3, 0.4) is 0 Å². The number of anilines is 1. The lowest BCUT2D eigenvalue weighted by Gasteiger charge is -2.22. The fourth-order valence-corrected chi connectivity index (χ4v) is 2.35. The highest BCUT2D eigenvalue weighted by Crippen LogP contribution is 2.23. The molecule has 1 heterocycles. The van der Waals surface area contributed by atoms with Crippen LogP contribution >= 0.6 is 0 Å². The Balaban J connectivity index is 0.000000277. The van der Waals surface area contributed by atoms with E-state index in [1.807, 2.05) is 12.1 Å². The summed E-state index contributed by atoms with van der Waals surface area (Å²) in [5.74, 6) is 6.53. The predicted octanol–water partition coefficient (Wildman–Crippen LogP) is 4.19. The van der Waals surface area contributed by atoms with E-state index in [4.69, 9.17) is 0 Å². The molecule has 2 aromatic rings. The van der Waals surface area contributed by atoms with Gasteiger partial charge in [-0.2, -0.15) is 0 Å².